The molecule has 1 N–H and O–H groups in total. The third-order valence-corrected chi connectivity index (χ3v) is 3.48. The van der Waals surface area contributed by atoms with Crippen molar-refractivity contribution >= 4 is 5.69 Å². The molecule has 0 saturated carbocycles. The van der Waals surface area contributed by atoms with E-state index in [1.165, 1.54) is 48.1 Å². The molecule has 0 radical (unpaired) electrons. The molecule has 1 nitrogen and oxygen atoms in total. The summed E-state index contributed by atoms with van der Waals surface area (Å²) in [5.74, 6) is -0.200. The molecule has 3 rings (SSSR count). The highest BCUT2D eigenvalue weighted by Crippen LogP contribution is 2.23. The number of anilines is 1. The number of nitrogens with one attached hydrogen (secondary N) is 1. The second-order valence-electron chi connectivity index (χ2n) is 4.82. The molecule has 2 heteroatoms. The summed E-state index contributed by atoms with van der Waals surface area (Å²) >= 11 is 0. The summed E-state index contributed by atoms with van der Waals surface area (Å²) in [5.41, 5.74) is 5.06. The minimum Gasteiger partial charge on any atom is -0.381 e. The van der Waals surface area contributed by atoms with Gasteiger partial charge in [-0.25, -0.2) is 4.39 Å². The molecular formula is C16H16FN. The van der Waals surface area contributed by atoms with Gasteiger partial charge >= 0.3 is 0 Å². The van der Waals surface area contributed by atoms with Crippen LogP contribution in [0.3, 0.4) is 0 Å². The number of fused-ring (bicyclic) bond motifs is 1. The van der Waals surface area contributed by atoms with E-state index in [0.29, 0.717) is 0 Å². The van der Waals surface area contributed by atoms with Crippen molar-refractivity contribution in [1.29, 1.82) is 0 Å². The number of hydrogen-bond acceptors (Lipinski definition) is 1. The Bertz CT molecular complexity index is 563. The fourth-order valence-electron chi connectivity index (χ4n) is 2.54. The monoisotopic (exact) mass is 241 g/mol. The van der Waals surface area contributed by atoms with Gasteiger partial charge in [-0.2, -0.15) is 0 Å². The molecule has 0 spiro atoms. The highest BCUT2D eigenvalue weighted by atomic mass is 19.1. The van der Waals surface area contributed by atoms with Crippen molar-refractivity contribution in [3.63, 3.8) is 0 Å². The Morgan fingerprint density at radius 2 is 1.89 bits per heavy atom. The zero-order valence-corrected chi connectivity index (χ0v) is 10.2. The van der Waals surface area contributed by atoms with Gasteiger partial charge in [0.1, 0.15) is 5.82 Å². The molecule has 2 aromatic carbocycles. The van der Waals surface area contributed by atoms with Gasteiger partial charge in [-0.05, 0) is 54.2 Å². The average molecular weight is 241 g/mol. The molecule has 0 bridgehead atoms. The Hall–Kier alpha value is -1.83. The van der Waals surface area contributed by atoms with E-state index >= 15 is 0 Å². The summed E-state index contributed by atoms with van der Waals surface area (Å²) in [7, 11) is 0. The van der Waals surface area contributed by atoms with Crippen LogP contribution < -0.4 is 5.32 Å². The Morgan fingerprint density at radius 3 is 2.78 bits per heavy atom. The fourth-order valence-corrected chi connectivity index (χ4v) is 2.54. The lowest BCUT2D eigenvalue weighted by molar-refractivity contribution is 0.628. The van der Waals surface area contributed by atoms with E-state index in [1.54, 1.807) is 6.07 Å². The molecular weight excluding hydrogens is 225 g/mol. The summed E-state index contributed by atoms with van der Waals surface area (Å²) in [4.78, 5) is 0. The van der Waals surface area contributed by atoms with Gasteiger partial charge in [-0.3, -0.25) is 0 Å². The van der Waals surface area contributed by atoms with E-state index in [2.05, 4.69) is 23.5 Å². The van der Waals surface area contributed by atoms with Gasteiger partial charge in [0.2, 0.25) is 0 Å². The third kappa shape index (κ3) is 2.37. The lowest BCUT2D eigenvalue weighted by Gasteiger charge is -2.08. The smallest absolute Gasteiger partial charge is 0.125 e. The lowest BCUT2D eigenvalue weighted by atomic mass is 10.1. The zero-order chi connectivity index (χ0) is 12.4. The van der Waals surface area contributed by atoms with Crippen LogP contribution in [0.15, 0.2) is 42.5 Å². The number of halogens is 1. The van der Waals surface area contributed by atoms with E-state index in [9.17, 15) is 4.39 Å². The molecule has 0 fully saturated rings. The van der Waals surface area contributed by atoms with Crippen molar-refractivity contribution in [1.82, 2.24) is 0 Å². The van der Waals surface area contributed by atoms with Crippen molar-refractivity contribution in [2.75, 3.05) is 5.32 Å². The van der Waals surface area contributed by atoms with Gasteiger partial charge in [0.15, 0.2) is 0 Å². The van der Waals surface area contributed by atoms with Gasteiger partial charge in [0, 0.05) is 12.2 Å². The van der Waals surface area contributed by atoms with E-state index in [-0.39, 0.29) is 5.82 Å². The topological polar surface area (TPSA) is 12.0 Å². The minimum atomic E-state index is -0.200. The molecule has 1 aliphatic carbocycles. The highest BCUT2D eigenvalue weighted by molar-refractivity contribution is 5.44. The largest absolute Gasteiger partial charge is 0.381 e. The molecule has 2 aromatic rings. The van der Waals surface area contributed by atoms with Crippen LogP contribution in [0.4, 0.5) is 10.1 Å². The van der Waals surface area contributed by atoms with Crippen molar-refractivity contribution in [3.8, 4) is 0 Å². The van der Waals surface area contributed by atoms with Crippen LogP contribution in [0, 0.1) is 5.82 Å². The molecule has 1 aliphatic rings. The summed E-state index contributed by atoms with van der Waals surface area (Å²) in [6, 6.07) is 13.3. The van der Waals surface area contributed by atoms with Gasteiger partial charge in [-0.15, -0.1) is 0 Å². The lowest BCUT2D eigenvalue weighted by Crippen LogP contribution is -2.00. The second-order valence-corrected chi connectivity index (χ2v) is 4.82. The molecule has 0 aliphatic heterocycles. The first kappa shape index (κ1) is 11.3. The molecule has 0 unspecified atom stereocenters. The van der Waals surface area contributed by atoms with Gasteiger partial charge in [0.25, 0.3) is 0 Å². The molecule has 18 heavy (non-hydrogen) atoms. The Balaban J connectivity index is 1.70. The molecule has 0 atom stereocenters. The van der Waals surface area contributed by atoms with E-state index in [4.69, 9.17) is 0 Å². The average Bonchev–Trinajstić information content (AvgIpc) is 2.84. The number of aryl methyl sites for hydroxylation is 2. The first-order valence-electron chi connectivity index (χ1n) is 6.41. The maximum Gasteiger partial charge on any atom is 0.125 e. The molecule has 0 heterocycles. The highest BCUT2D eigenvalue weighted by Gasteiger charge is 2.10. The van der Waals surface area contributed by atoms with Crippen LogP contribution in [-0.2, 0) is 19.4 Å². The predicted octanol–water partition coefficient (Wildman–Crippen LogP) is 3.93. The Labute approximate surface area is 107 Å². The van der Waals surface area contributed by atoms with Gasteiger partial charge < -0.3 is 5.32 Å². The van der Waals surface area contributed by atoms with Crippen LogP contribution in [0.5, 0.6) is 0 Å². The maximum atomic E-state index is 13.0. The summed E-state index contributed by atoms with van der Waals surface area (Å²) in [6.45, 7) is 0.747. The SMILES string of the molecule is Fc1cccc(NCc2ccc3c(c2)CCC3)c1. The minimum absolute atomic E-state index is 0.200. The normalized spacial score (nSPS) is 13.4. The molecule has 92 valence electrons. The van der Waals surface area contributed by atoms with Gasteiger partial charge in [-0.1, -0.05) is 24.3 Å². The van der Waals surface area contributed by atoms with E-state index in [1.807, 2.05) is 6.07 Å². The number of benzene rings is 2. The quantitative estimate of drug-likeness (QED) is 0.858. The van der Waals surface area contributed by atoms with Gasteiger partial charge in [0.05, 0.1) is 0 Å². The maximum absolute atomic E-state index is 13.0. The third-order valence-electron chi connectivity index (χ3n) is 3.48. The zero-order valence-electron chi connectivity index (χ0n) is 10.2. The van der Waals surface area contributed by atoms with E-state index < -0.39 is 0 Å². The summed E-state index contributed by atoms with van der Waals surface area (Å²) in [6.07, 6.45) is 3.69. The standard InChI is InChI=1S/C16H16FN/c17-15-5-2-6-16(10-15)18-11-12-7-8-13-3-1-4-14(13)9-12/h2,5-10,18H,1,3-4,11H2. The molecule has 0 amide bonds. The van der Waals surface area contributed by atoms with Crippen LogP contribution in [-0.4, -0.2) is 0 Å². The summed E-state index contributed by atoms with van der Waals surface area (Å²) < 4.78 is 13.0. The fraction of sp³-hybridized carbons (Fsp3) is 0.250. The first-order valence-corrected chi connectivity index (χ1v) is 6.41. The van der Waals surface area contributed by atoms with Crippen LogP contribution in [0.1, 0.15) is 23.1 Å². The Kier molecular flexibility index (Phi) is 3.01. The van der Waals surface area contributed by atoms with Crippen molar-refractivity contribution in [2.45, 2.75) is 25.8 Å². The molecule has 0 saturated heterocycles. The molecule has 0 aromatic heterocycles. The van der Waals surface area contributed by atoms with E-state index in [0.717, 1.165) is 12.2 Å². The predicted molar refractivity (Wildman–Crippen MR) is 72.2 cm³/mol. The second kappa shape index (κ2) is 4.81. The van der Waals surface area contributed by atoms with Crippen molar-refractivity contribution in [2.24, 2.45) is 0 Å². The van der Waals surface area contributed by atoms with Crippen LogP contribution in [0.25, 0.3) is 0 Å². The Morgan fingerprint density at radius 1 is 1.00 bits per heavy atom. The first-order chi connectivity index (χ1) is 8.81. The van der Waals surface area contributed by atoms with Crippen molar-refractivity contribution in [3.05, 3.63) is 65.0 Å². The van der Waals surface area contributed by atoms with Crippen LogP contribution in [0.2, 0.25) is 0 Å². The number of hydrogen-bond donors (Lipinski definition) is 1. The summed E-state index contributed by atoms with van der Waals surface area (Å²) in [5, 5.41) is 3.25. The van der Waals surface area contributed by atoms with Crippen LogP contribution >= 0.6 is 0 Å². The van der Waals surface area contributed by atoms with Crippen molar-refractivity contribution < 1.29 is 4.39 Å². The number of rotatable bonds is 3.